The molecule has 0 radical (unpaired) electrons. The number of halogens is 1. The Morgan fingerprint density at radius 1 is 1.24 bits per heavy atom. The zero-order valence-corrected chi connectivity index (χ0v) is 17.9. The molecule has 0 bridgehead atoms. The molecule has 3 aromatic rings. The predicted molar refractivity (Wildman–Crippen MR) is 120 cm³/mol. The summed E-state index contributed by atoms with van der Waals surface area (Å²) in [6, 6.07) is 14.8. The van der Waals surface area contributed by atoms with Crippen LogP contribution < -0.4 is 5.32 Å². The topological polar surface area (TPSA) is 74.7 Å². The Kier molecular flexibility index (Phi) is 5.84. The number of rotatable bonds is 5. The monoisotopic (exact) mass is 444 g/mol. The Balaban J connectivity index is 1.50. The molecule has 1 N–H and O–H groups in total. The summed E-state index contributed by atoms with van der Waals surface area (Å²) >= 11 is 8.86. The molecular weight excluding hydrogens is 428 g/mol. The lowest BCUT2D eigenvalue weighted by molar-refractivity contribution is -0.128. The summed E-state index contributed by atoms with van der Waals surface area (Å²) in [5, 5.41) is 3.88. The van der Waals surface area contributed by atoms with E-state index in [1.807, 2.05) is 31.2 Å². The van der Waals surface area contributed by atoms with Crippen molar-refractivity contribution in [2.75, 3.05) is 11.9 Å². The molecule has 2 amide bonds. The highest BCUT2D eigenvalue weighted by Crippen LogP contribution is 2.34. The van der Waals surface area contributed by atoms with Crippen molar-refractivity contribution in [2.45, 2.75) is 18.6 Å². The number of para-hydroxylation sites is 2. The number of anilines is 1. The Morgan fingerprint density at radius 3 is 2.76 bits per heavy atom. The molecule has 0 saturated carbocycles. The summed E-state index contributed by atoms with van der Waals surface area (Å²) in [6.45, 7) is 2.37. The maximum absolute atomic E-state index is 12.8. The van der Waals surface area contributed by atoms with Crippen LogP contribution in [0.25, 0.3) is 10.2 Å². The second-order valence-corrected chi connectivity index (χ2v) is 8.87. The average molecular weight is 445 g/mol. The van der Waals surface area contributed by atoms with Gasteiger partial charge in [0.15, 0.2) is 5.17 Å². The summed E-state index contributed by atoms with van der Waals surface area (Å²) in [7, 11) is 0. The number of benzene rings is 2. The first-order valence-electron chi connectivity index (χ1n) is 9.02. The standard InChI is InChI=1S/C20H17ClN4O2S2/c1-2-25-18(27)16(11-17(26)22-13-8-4-3-7-12(13)21)29-20(25)24-19-23-14-9-5-6-10-15(14)28-19/h3-10,16H,2,11H2,1H3,(H,22,26)/b24-20+. The molecule has 0 spiro atoms. The molecule has 0 aliphatic carbocycles. The number of fused-ring (bicyclic) bond motifs is 1. The molecule has 1 unspecified atom stereocenters. The minimum atomic E-state index is -0.523. The van der Waals surface area contributed by atoms with Crippen LogP contribution in [-0.2, 0) is 9.59 Å². The van der Waals surface area contributed by atoms with Gasteiger partial charge in [0.1, 0.15) is 5.25 Å². The summed E-state index contributed by atoms with van der Waals surface area (Å²) in [5.74, 6) is -0.382. The quantitative estimate of drug-likeness (QED) is 0.605. The molecule has 148 valence electrons. The van der Waals surface area contributed by atoms with E-state index in [4.69, 9.17) is 11.6 Å². The molecule has 2 heterocycles. The number of nitrogens with one attached hydrogen (secondary N) is 1. The van der Waals surface area contributed by atoms with E-state index in [1.165, 1.54) is 23.1 Å². The van der Waals surface area contributed by atoms with Crippen LogP contribution in [0, 0.1) is 0 Å². The van der Waals surface area contributed by atoms with Gasteiger partial charge in [-0.25, -0.2) is 4.98 Å². The van der Waals surface area contributed by atoms with Gasteiger partial charge in [0, 0.05) is 13.0 Å². The van der Waals surface area contributed by atoms with Gasteiger partial charge in [-0.15, -0.1) is 0 Å². The molecule has 29 heavy (non-hydrogen) atoms. The second kappa shape index (κ2) is 8.52. The third-order valence-electron chi connectivity index (χ3n) is 4.33. The van der Waals surface area contributed by atoms with Gasteiger partial charge in [0.05, 0.1) is 20.9 Å². The van der Waals surface area contributed by atoms with E-state index in [9.17, 15) is 9.59 Å². The zero-order valence-electron chi connectivity index (χ0n) is 15.5. The number of carbonyl (C=O) groups excluding carboxylic acids is 2. The molecular formula is C20H17ClN4O2S2. The number of carbonyl (C=O) groups is 2. The highest BCUT2D eigenvalue weighted by atomic mass is 35.5. The highest BCUT2D eigenvalue weighted by Gasteiger charge is 2.38. The largest absolute Gasteiger partial charge is 0.325 e. The van der Waals surface area contributed by atoms with E-state index in [0.29, 0.717) is 27.6 Å². The Labute approximate surface area is 181 Å². The fraction of sp³-hybridized carbons (Fsp3) is 0.200. The molecule has 4 rings (SSSR count). The number of aromatic nitrogens is 1. The third-order valence-corrected chi connectivity index (χ3v) is 6.76. The molecule has 1 atom stereocenters. The van der Waals surface area contributed by atoms with E-state index >= 15 is 0 Å². The van der Waals surface area contributed by atoms with Crippen LogP contribution >= 0.6 is 34.7 Å². The molecule has 1 fully saturated rings. The first kappa shape index (κ1) is 19.9. The molecule has 1 saturated heterocycles. The van der Waals surface area contributed by atoms with Crippen molar-refractivity contribution in [1.29, 1.82) is 0 Å². The van der Waals surface area contributed by atoms with Crippen LogP contribution in [0.3, 0.4) is 0 Å². The number of hydrogen-bond acceptors (Lipinski definition) is 6. The van der Waals surface area contributed by atoms with Gasteiger partial charge in [0.2, 0.25) is 16.9 Å². The van der Waals surface area contributed by atoms with Gasteiger partial charge in [-0.05, 0) is 31.2 Å². The van der Waals surface area contributed by atoms with Gasteiger partial charge in [-0.3, -0.25) is 14.5 Å². The summed E-state index contributed by atoms with van der Waals surface area (Å²) in [4.78, 5) is 35.9. The number of amidine groups is 1. The fourth-order valence-corrected chi connectivity index (χ4v) is 5.22. The number of thioether (sulfide) groups is 1. The smallest absolute Gasteiger partial charge is 0.242 e. The minimum absolute atomic E-state index is 0.0457. The molecule has 6 nitrogen and oxygen atoms in total. The average Bonchev–Trinajstić information content (AvgIpc) is 3.24. The van der Waals surface area contributed by atoms with E-state index in [2.05, 4.69) is 15.3 Å². The van der Waals surface area contributed by atoms with Crippen LogP contribution in [0.4, 0.5) is 10.8 Å². The van der Waals surface area contributed by atoms with Crippen molar-refractivity contribution in [2.24, 2.45) is 4.99 Å². The van der Waals surface area contributed by atoms with Crippen LogP contribution in [0.1, 0.15) is 13.3 Å². The molecule has 1 aromatic heterocycles. The maximum Gasteiger partial charge on any atom is 0.242 e. The van der Waals surface area contributed by atoms with Crippen LogP contribution in [0.2, 0.25) is 5.02 Å². The second-order valence-electron chi connectivity index (χ2n) is 6.28. The lowest BCUT2D eigenvalue weighted by Gasteiger charge is -2.13. The SMILES string of the molecule is CCN1C(=O)C(CC(=O)Nc2ccccc2Cl)S/C1=N/c1nc2ccccc2s1. The summed E-state index contributed by atoms with van der Waals surface area (Å²) < 4.78 is 1.04. The number of aliphatic imine (C=N–C) groups is 1. The number of nitrogens with zero attached hydrogens (tertiary/aromatic N) is 3. The van der Waals surface area contributed by atoms with Gasteiger partial charge >= 0.3 is 0 Å². The number of thiazole rings is 1. The lowest BCUT2D eigenvalue weighted by Crippen LogP contribution is -2.33. The van der Waals surface area contributed by atoms with E-state index in [-0.39, 0.29) is 18.2 Å². The highest BCUT2D eigenvalue weighted by molar-refractivity contribution is 8.15. The molecule has 1 aliphatic heterocycles. The summed E-state index contributed by atoms with van der Waals surface area (Å²) in [6.07, 6.45) is 0.0457. The Bertz CT molecular complexity index is 1080. The summed E-state index contributed by atoms with van der Waals surface area (Å²) in [5.41, 5.74) is 1.41. The Morgan fingerprint density at radius 2 is 2.00 bits per heavy atom. The molecule has 2 aromatic carbocycles. The number of hydrogen-bond donors (Lipinski definition) is 1. The number of amides is 2. The Hall–Kier alpha value is -2.42. The van der Waals surface area contributed by atoms with Crippen molar-refractivity contribution in [3.05, 3.63) is 53.6 Å². The van der Waals surface area contributed by atoms with Crippen molar-refractivity contribution < 1.29 is 9.59 Å². The zero-order chi connectivity index (χ0) is 20.4. The normalized spacial score (nSPS) is 18.0. The van der Waals surface area contributed by atoms with Crippen LogP contribution in [0.5, 0.6) is 0 Å². The van der Waals surface area contributed by atoms with Crippen molar-refractivity contribution in [3.63, 3.8) is 0 Å². The van der Waals surface area contributed by atoms with E-state index in [0.717, 1.165) is 10.2 Å². The third kappa shape index (κ3) is 4.29. The molecule has 9 heteroatoms. The first-order chi connectivity index (χ1) is 14.0. The van der Waals surface area contributed by atoms with Crippen LogP contribution in [-0.4, -0.2) is 38.7 Å². The van der Waals surface area contributed by atoms with Gasteiger partial charge in [-0.2, -0.15) is 4.99 Å². The lowest BCUT2D eigenvalue weighted by atomic mass is 10.2. The van der Waals surface area contributed by atoms with Gasteiger partial charge in [-0.1, -0.05) is 59.0 Å². The fourth-order valence-electron chi connectivity index (χ4n) is 2.94. The maximum atomic E-state index is 12.8. The first-order valence-corrected chi connectivity index (χ1v) is 11.1. The van der Waals surface area contributed by atoms with Crippen molar-refractivity contribution in [3.8, 4) is 0 Å². The van der Waals surface area contributed by atoms with Gasteiger partial charge in [0.25, 0.3) is 0 Å². The minimum Gasteiger partial charge on any atom is -0.325 e. The van der Waals surface area contributed by atoms with E-state index < -0.39 is 5.25 Å². The van der Waals surface area contributed by atoms with Crippen molar-refractivity contribution in [1.82, 2.24) is 9.88 Å². The van der Waals surface area contributed by atoms with Crippen LogP contribution in [0.15, 0.2) is 53.5 Å². The van der Waals surface area contributed by atoms with E-state index in [1.54, 1.807) is 29.2 Å². The molecule has 1 aliphatic rings. The predicted octanol–water partition coefficient (Wildman–Crippen LogP) is 4.93. The van der Waals surface area contributed by atoms with Gasteiger partial charge < -0.3 is 5.32 Å². The van der Waals surface area contributed by atoms with Crippen molar-refractivity contribution >= 4 is 72.7 Å².